The van der Waals surface area contributed by atoms with E-state index in [1.165, 1.54) is 13.0 Å². The molecular formula is C29H23F6N3O9. The van der Waals surface area contributed by atoms with Crippen molar-refractivity contribution >= 4 is 40.6 Å². The highest BCUT2D eigenvalue weighted by molar-refractivity contribution is 6.23. The number of fused-ring (bicyclic) bond motifs is 3. The summed E-state index contributed by atoms with van der Waals surface area (Å²) >= 11 is 0. The van der Waals surface area contributed by atoms with Crippen LogP contribution in [0.3, 0.4) is 0 Å². The number of amides is 3. The van der Waals surface area contributed by atoms with Gasteiger partial charge in [0.15, 0.2) is 11.4 Å². The molecule has 12 nitrogen and oxygen atoms in total. The van der Waals surface area contributed by atoms with Crippen LogP contribution in [0.5, 0.6) is 5.75 Å². The molecular weight excluding hydrogens is 648 g/mol. The Morgan fingerprint density at radius 1 is 0.957 bits per heavy atom. The van der Waals surface area contributed by atoms with Crippen LogP contribution in [-0.4, -0.2) is 60.7 Å². The number of Topliss-reactive ketones (excluding diaryl/α,β-unsaturated/α-hetero) is 2. The summed E-state index contributed by atoms with van der Waals surface area (Å²) in [6.45, 7) is 1.44. The average molecular weight is 672 g/mol. The summed E-state index contributed by atoms with van der Waals surface area (Å²) in [5, 5.41) is 59.4. The summed E-state index contributed by atoms with van der Waals surface area (Å²) in [6, 6.07) is 1.18. The first-order valence-corrected chi connectivity index (χ1v) is 13.5. The Hall–Kier alpha value is -5.10. The molecule has 2 aromatic carbocycles. The van der Waals surface area contributed by atoms with Crippen molar-refractivity contribution in [1.82, 2.24) is 0 Å². The van der Waals surface area contributed by atoms with Gasteiger partial charge >= 0.3 is 18.4 Å². The van der Waals surface area contributed by atoms with Gasteiger partial charge in [-0.25, -0.2) is 4.79 Å². The Labute approximate surface area is 258 Å². The number of halogens is 6. The SMILES string of the molecule is C[C@H]1c2ccc(NC(=O)Nc3cc(C(F)(F)F)cc(C(F)(F)F)c3)c(O)c2C(O)=C2C(=O)[C@]3(O)C(O)=C(C(N)=O)C(=O)C[C@@H]3C(O)[C@@H]21. The fraction of sp³-hybridized carbons (Fsp3) is 0.310. The van der Waals surface area contributed by atoms with E-state index in [9.17, 15) is 71.1 Å². The van der Waals surface area contributed by atoms with Crippen molar-refractivity contribution in [3.05, 3.63) is 69.5 Å². The number of nitrogens with one attached hydrogen (secondary N) is 2. The summed E-state index contributed by atoms with van der Waals surface area (Å²) in [4.78, 5) is 50.7. The normalized spacial score (nSPS) is 26.0. The number of carbonyl (C=O) groups excluding carboxylic acids is 4. The summed E-state index contributed by atoms with van der Waals surface area (Å²) in [5.41, 5.74) is -5.11. The van der Waals surface area contributed by atoms with E-state index >= 15 is 0 Å². The van der Waals surface area contributed by atoms with Crippen molar-refractivity contribution in [2.45, 2.75) is 43.3 Å². The van der Waals surface area contributed by atoms with Crippen LogP contribution >= 0.6 is 0 Å². The molecule has 3 aliphatic rings. The molecule has 1 unspecified atom stereocenters. The summed E-state index contributed by atoms with van der Waals surface area (Å²) < 4.78 is 79.3. The van der Waals surface area contributed by atoms with Gasteiger partial charge in [0.25, 0.3) is 5.91 Å². The van der Waals surface area contributed by atoms with E-state index in [0.29, 0.717) is 0 Å². The number of phenols is 1. The monoisotopic (exact) mass is 671 g/mol. The molecule has 0 saturated heterocycles. The number of nitrogens with two attached hydrogens (primary N) is 1. The Balaban J connectivity index is 1.54. The minimum atomic E-state index is -5.21. The van der Waals surface area contributed by atoms with Crippen LogP contribution < -0.4 is 16.4 Å². The third-order valence-corrected chi connectivity index (χ3v) is 8.59. The number of urea groups is 1. The Morgan fingerprint density at radius 2 is 1.53 bits per heavy atom. The molecule has 250 valence electrons. The predicted octanol–water partition coefficient (Wildman–Crippen LogP) is 3.64. The summed E-state index contributed by atoms with van der Waals surface area (Å²) in [5.74, 6) is -11.4. The Morgan fingerprint density at radius 3 is 2.06 bits per heavy atom. The van der Waals surface area contributed by atoms with Crippen LogP contribution in [0.2, 0.25) is 0 Å². The van der Waals surface area contributed by atoms with Crippen LogP contribution in [0, 0.1) is 11.8 Å². The molecule has 5 atom stereocenters. The number of hydrogen-bond acceptors (Lipinski definition) is 9. The molecule has 3 aliphatic carbocycles. The van der Waals surface area contributed by atoms with Crippen molar-refractivity contribution in [3.8, 4) is 5.75 Å². The number of aliphatic hydroxyl groups excluding tert-OH is 3. The molecule has 0 radical (unpaired) electrons. The number of alkyl halides is 6. The third kappa shape index (κ3) is 5.12. The smallest absolute Gasteiger partial charge is 0.416 e. The molecule has 2 aromatic rings. The molecule has 0 bridgehead atoms. The number of phenolic OH excluding ortho intramolecular Hbond substituents is 1. The largest absolute Gasteiger partial charge is 0.508 e. The molecule has 0 heterocycles. The molecule has 0 spiro atoms. The zero-order chi connectivity index (χ0) is 35.1. The molecule has 5 rings (SSSR count). The van der Waals surface area contributed by atoms with Crippen LogP contribution in [0.4, 0.5) is 42.5 Å². The third-order valence-electron chi connectivity index (χ3n) is 8.59. The summed E-state index contributed by atoms with van der Waals surface area (Å²) in [6.07, 6.45) is -13.0. The standard InChI is InChI=1S/C29H23F6N3O9/c1-8-12-2-3-14(38-26(46)37-11-5-9(28(30,31)32)4-10(6-11)29(33,34)35)21(41)17(12)22(42)19-16(8)20(40)13-7-15(39)18(25(36)45)23(43)27(13,47)24(19)44/h2-6,8,13,16,20,40-43,47H,7H2,1H3,(H2,36,45)(H2,37,38,46)/t8-,13+,16+,20?,27+/m0/s1. The topological polar surface area (TPSA) is 220 Å². The second-order valence-corrected chi connectivity index (χ2v) is 11.3. The minimum Gasteiger partial charge on any atom is -0.508 e. The van der Waals surface area contributed by atoms with E-state index in [2.05, 4.69) is 0 Å². The van der Waals surface area contributed by atoms with Gasteiger partial charge in [0.2, 0.25) is 5.78 Å². The predicted molar refractivity (Wildman–Crippen MR) is 147 cm³/mol. The molecule has 0 aromatic heterocycles. The highest BCUT2D eigenvalue weighted by atomic mass is 19.4. The lowest BCUT2D eigenvalue weighted by Gasteiger charge is -2.50. The van der Waals surface area contributed by atoms with Crippen molar-refractivity contribution in [3.63, 3.8) is 0 Å². The average Bonchev–Trinajstić information content (AvgIpc) is 2.95. The molecule has 18 heteroatoms. The molecule has 9 N–H and O–H groups in total. The first-order valence-electron chi connectivity index (χ1n) is 13.5. The highest BCUT2D eigenvalue weighted by Gasteiger charge is 2.65. The van der Waals surface area contributed by atoms with Gasteiger partial charge in [-0.1, -0.05) is 13.0 Å². The fourth-order valence-corrected chi connectivity index (χ4v) is 6.41. The first kappa shape index (κ1) is 33.3. The quantitative estimate of drug-likeness (QED) is 0.135. The number of benzene rings is 2. The summed E-state index contributed by atoms with van der Waals surface area (Å²) in [7, 11) is 0. The number of aromatic hydroxyl groups is 1. The van der Waals surface area contributed by atoms with Crippen LogP contribution in [-0.2, 0) is 26.7 Å². The van der Waals surface area contributed by atoms with E-state index in [1.807, 2.05) is 5.32 Å². The minimum absolute atomic E-state index is 0.0735. The fourth-order valence-electron chi connectivity index (χ4n) is 6.41. The van der Waals surface area contributed by atoms with Gasteiger partial charge in [-0.2, -0.15) is 26.3 Å². The lowest BCUT2D eigenvalue weighted by Crippen LogP contribution is -2.63. The van der Waals surface area contributed by atoms with Crippen LogP contribution in [0.25, 0.3) is 5.76 Å². The van der Waals surface area contributed by atoms with E-state index in [1.54, 1.807) is 5.32 Å². The van der Waals surface area contributed by atoms with E-state index in [-0.39, 0.29) is 23.8 Å². The maximum absolute atomic E-state index is 13.7. The maximum atomic E-state index is 13.7. The Kier molecular flexibility index (Phi) is 7.60. The van der Waals surface area contributed by atoms with Crippen LogP contribution in [0.15, 0.2) is 47.2 Å². The highest BCUT2D eigenvalue weighted by Crippen LogP contribution is 2.56. The molecule has 1 saturated carbocycles. The second kappa shape index (κ2) is 10.7. The molecule has 47 heavy (non-hydrogen) atoms. The van der Waals surface area contributed by atoms with Crippen molar-refractivity contribution in [2.75, 3.05) is 10.6 Å². The lowest BCUT2D eigenvalue weighted by atomic mass is 9.55. The molecule has 0 aliphatic heterocycles. The van der Waals surface area contributed by atoms with Gasteiger partial charge in [0.1, 0.15) is 22.8 Å². The number of primary amides is 1. The maximum Gasteiger partial charge on any atom is 0.416 e. The number of rotatable bonds is 3. The number of hydrogen-bond donors (Lipinski definition) is 8. The van der Waals surface area contributed by atoms with Crippen molar-refractivity contribution < 1.29 is 71.1 Å². The Bertz CT molecular complexity index is 1800. The van der Waals surface area contributed by atoms with Gasteiger partial charge in [0, 0.05) is 29.5 Å². The lowest BCUT2D eigenvalue weighted by molar-refractivity contribution is -0.160. The van der Waals surface area contributed by atoms with Gasteiger partial charge in [0.05, 0.1) is 28.5 Å². The van der Waals surface area contributed by atoms with E-state index < -0.39 is 128 Å². The number of carbonyl (C=O) groups is 4. The zero-order valence-electron chi connectivity index (χ0n) is 23.6. The molecule has 1 fully saturated rings. The number of anilines is 2. The molecule has 3 amide bonds. The second-order valence-electron chi connectivity index (χ2n) is 11.3. The first-order chi connectivity index (χ1) is 21.6. The van der Waals surface area contributed by atoms with Crippen molar-refractivity contribution in [2.24, 2.45) is 17.6 Å². The zero-order valence-corrected chi connectivity index (χ0v) is 23.6. The van der Waals surface area contributed by atoms with Gasteiger partial charge in [-0.15, -0.1) is 0 Å². The van der Waals surface area contributed by atoms with Gasteiger partial charge < -0.3 is 41.9 Å². The van der Waals surface area contributed by atoms with Gasteiger partial charge in [-0.05, 0) is 35.7 Å². The van der Waals surface area contributed by atoms with E-state index in [4.69, 9.17) is 5.73 Å². The van der Waals surface area contributed by atoms with E-state index in [0.717, 1.165) is 6.07 Å². The number of aliphatic hydroxyl groups is 4. The number of ketones is 2. The van der Waals surface area contributed by atoms with Gasteiger partial charge in [-0.3, -0.25) is 14.4 Å². The van der Waals surface area contributed by atoms with Crippen LogP contribution in [0.1, 0.15) is 41.5 Å². The van der Waals surface area contributed by atoms with Crippen molar-refractivity contribution in [1.29, 1.82) is 0 Å².